The van der Waals surface area contributed by atoms with E-state index in [1.165, 1.54) is 0 Å². The second kappa shape index (κ2) is 5.02. The lowest BCUT2D eigenvalue weighted by Crippen LogP contribution is -2.59. The van der Waals surface area contributed by atoms with Crippen molar-refractivity contribution in [3.05, 3.63) is 11.4 Å². The van der Waals surface area contributed by atoms with Crippen molar-refractivity contribution in [1.29, 1.82) is 0 Å². The molecular formula is C15H26N4O2. The van der Waals surface area contributed by atoms with Gasteiger partial charge in [-0.15, -0.1) is 0 Å². The number of morpholine rings is 1. The summed E-state index contributed by atoms with van der Waals surface area (Å²) in [5.74, 6) is 0.0463. The van der Waals surface area contributed by atoms with Crippen LogP contribution < -0.4 is 5.73 Å². The number of ether oxygens (including phenoxy) is 1. The first-order chi connectivity index (χ1) is 9.51. The van der Waals surface area contributed by atoms with Crippen LogP contribution >= 0.6 is 0 Å². The molecule has 0 spiro atoms. The molecule has 0 unspecified atom stereocenters. The summed E-state index contributed by atoms with van der Waals surface area (Å²) in [7, 11) is 0. The van der Waals surface area contributed by atoms with Gasteiger partial charge in [-0.1, -0.05) is 0 Å². The van der Waals surface area contributed by atoms with Gasteiger partial charge in [0, 0.05) is 13.1 Å². The topological polar surface area (TPSA) is 73.4 Å². The van der Waals surface area contributed by atoms with E-state index in [4.69, 9.17) is 10.5 Å². The highest BCUT2D eigenvalue weighted by molar-refractivity contribution is 5.76. The zero-order valence-corrected chi connectivity index (χ0v) is 13.9. The van der Waals surface area contributed by atoms with Gasteiger partial charge in [-0.05, 0) is 41.5 Å². The number of carbonyl (C=O) groups excluding carboxylic acids is 1. The van der Waals surface area contributed by atoms with Gasteiger partial charge in [0.15, 0.2) is 0 Å². The Labute approximate surface area is 126 Å². The fourth-order valence-corrected chi connectivity index (χ4v) is 3.06. The third-order valence-corrected chi connectivity index (χ3v) is 3.77. The average molecular weight is 294 g/mol. The van der Waals surface area contributed by atoms with Gasteiger partial charge < -0.3 is 15.4 Å². The first-order valence-corrected chi connectivity index (χ1v) is 7.28. The minimum absolute atomic E-state index is 0.0463. The van der Waals surface area contributed by atoms with Crippen molar-refractivity contribution in [2.75, 3.05) is 18.8 Å². The summed E-state index contributed by atoms with van der Waals surface area (Å²) in [5, 5.41) is 4.33. The number of anilines is 1. The number of amides is 1. The molecule has 118 valence electrons. The third kappa shape index (κ3) is 3.37. The second-order valence-electron chi connectivity index (χ2n) is 7.11. The van der Waals surface area contributed by atoms with E-state index in [1.807, 2.05) is 46.4 Å². The zero-order valence-electron chi connectivity index (χ0n) is 13.9. The monoisotopic (exact) mass is 294 g/mol. The van der Waals surface area contributed by atoms with Crippen LogP contribution in [0.25, 0.3) is 0 Å². The van der Waals surface area contributed by atoms with Crippen LogP contribution in [0.1, 0.15) is 39.1 Å². The number of nitrogens with zero attached hydrogens (tertiary/aromatic N) is 3. The molecule has 1 aliphatic rings. The summed E-state index contributed by atoms with van der Waals surface area (Å²) in [4.78, 5) is 14.4. The zero-order chi connectivity index (χ0) is 16.0. The third-order valence-electron chi connectivity index (χ3n) is 3.77. The Hall–Kier alpha value is -1.56. The van der Waals surface area contributed by atoms with Gasteiger partial charge in [0.05, 0.1) is 28.3 Å². The average Bonchev–Trinajstić information content (AvgIpc) is 2.53. The molecule has 1 amide bonds. The van der Waals surface area contributed by atoms with Crippen LogP contribution in [0.2, 0.25) is 0 Å². The fourth-order valence-electron chi connectivity index (χ4n) is 3.06. The molecule has 1 aromatic rings. The van der Waals surface area contributed by atoms with E-state index in [0.29, 0.717) is 18.8 Å². The Morgan fingerprint density at radius 2 is 1.76 bits per heavy atom. The quantitative estimate of drug-likeness (QED) is 0.897. The Kier molecular flexibility index (Phi) is 3.78. The lowest BCUT2D eigenvalue weighted by molar-refractivity contribution is -0.188. The summed E-state index contributed by atoms with van der Waals surface area (Å²) < 4.78 is 7.69. The van der Waals surface area contributed by atoms with E-state index < -0.39 is 0 Å². The molecule has 1 fully saturated rings. The molecule has 1 aliphatic heterocycles. The summed E-state index contributed by atoms with van der Waals surface area (Å²) in [5.41, 5.74) is 7.50. The predicted octanol–water partition coefficient (Wildman–Crippen LogP) is 1.50. The standard InChI is InChI=1S/C15H26N4O2/c1-10-13(16)11(2)19(17-10)7-12(20)18-8-14(3,4)21-15(5,6)9-18/h7-9,16H2,1-6H3. The number of nitrogens with two attached hydrogens (primary N) is 1. The number of rotatable bonds is 2. The Balaban J connectivity index is 2.14. The molecule has 0 aliphatic carbocycles. The summed E-state index contributed by atoms with van der Waals surface area (Å²) in [6.45, 7) is 13.2. The van der Waals surface area contributed by atoms with Gasteiger partial charge in [0.2, 0.25) is 5.91 Å². The van der Waals surface area contributed by atoms with Crippen LogP contribution in [0, 0.1) is 13.8 Å². The molecule has 6 heteroatoms. The number of aromatic nitrogens is 2. The van der Waals surface area contributed by atoms with Gasteiger partial charge in [-0.25, -0.2) is 0 Å². The molecule has 0 aromatic carbocycles. The normalized spacial score (nSPS) is 20.6. The molecule has 2 heterocycles. The summed E-state index contributed by atoms with van der Waals surface area (Å²) >= 11 is 0. The first-order valence-electron chi connectivity index (χ1n) is 7.28. The molecule has 0 saturated carbocycles. The van der Waals surface area contributed by atoms with Crippen LogP contribution in [0.4, 0.5) is 5.69 Å². The highest BCUT2D eigenvalue weighted by Crippen LogP contribution is 2.28. The van der Waals surface area contributed by atoms with Gasteiger partial charge in [0.25, 0.3) is 0 Å². The van der Waals surface area contributed by atoms with Crippen molar-refractivity contribution in [2.24, 2.45) is 0 Å². The SMILES string of the molecule is Cc1nn(CC(=O)N2CC(C)(C)OC(C)(C)C2)c(C)c1N. The van der Waals surface area contributed by atoms with Crippen molar-refractivity contribution in [2.45, 2.75) is 59.3 Å². The van der Waals surface area contributed by atoms with Gasteiger partial charge >= 0.3 is 0 Å². The maximum Gasteiger partial charge on any atom is 0.244 e. The van der Waals surface area contributed by atoms with Gasteiger partial charge in [0.1, 0.15) is 6.54 Å². The number of aryl methyl sites for hydroxylation is 1. The predicted molar refractivity (Wildman–Crippen MR) is 81.9 cm³/mol. The number of carbonyl (C=O) groups is 1. The lowest BCUT2D eigenvalue weighted by Gasteiger charge is -2.47. The van der Waals surface area contributed by atoms with E-state index in [-0.39, 0.29) is 23.7 Å². The van der Waals surface area contributed by atoms with E-state index in [2.05, 4.69) is 5.10 Å². The lowest BCUT2D eigenvalue weighted by atomic mass is 9.99. The smallest absolute Gasteiger partial charge is 0.244 e. The number of hydrogen-bond donors (Lipinski definition) is 1. The molecule has 2 rings (SSSR count). The molecule has 21 heavy (non-hydrogen) atoms. The molecule has 0 atom stereocenters. The van der Waals surface area contributed by atoms with E-state index >= 15 is 0 Å². The van der Waals surface area contributed by atoms with Crippen LogP contribution in [0.5, 0.6) is 0 Å². The Bertz CT molecular complexity index is 544. The fraction of sp³-hybridized carbons (Fsp3) is 0.733. The molecule has 0 bridgehead atoms. The largest absolute Gasteiger partial charge is 0.396 e. The van der Waals surface area contributed by atoms with E-state index in [1.54, 1.807) is 4.68 Å². The van der Waals surface area contributed by atoms with Crippen molar-refractivity contribution >= 4 is 11.6 Å². The molecule has 0 radical (unpaired) electrons. The van der Waals surface area contributed by atoms with Crippen molar-refractivity contribution in [1.82, 2.24) is 14.7 Å². The highest BCUT2D eigenvalue weighted by Gasteiger charge is 2.39. The molecule has 1 saturated heterocycles. The molecule has 2 N–H and O–H groups in total. The number of hydrogen-bond acceptors (Lipinski definition) is 4. The van der Waals surface area contributed by atoms with Crippen molar-refractivity contribution in [3.63, 3.8) is 0 Å². The Morgan fingerprint density at radius 1 is 1.24 bits per heavy atom. The van der Waals surface area contributed by atoms with Crippen LogP contribution in [-0.2, 0) is 16.1 Å². The summed E-state index contributed by atoms with van der Waals surface area (Å²) in [6, 6.07) is 0. The molecule has 1 aromatic heterocycles. The van der Waals surface area contributed by atoms with Crippen LogP contribution in [0.3, 0.4) is 0 Å². The minimum atomic E-state index is -0.342. The molecule has 6 nitrogen and oxygen atoms in total. The van der Waals surface area contributed by atoms with Gasteiger partial charge in [-0.2, -0.15) is 5.10 Å². The van der Waals surface area contributed by atoms with Crippen LogP contribution in [0.15, 0.2) is 0 Å². The van der Waals surface area contributed by atoms with Gasteiger partial charge in [-0.3, -0.25) is 9.48 Å². The minimum Gasteiger partial charge on any atom is -0.396 e. The first kappa shape index (κ1) is 15.8. The molecular weight excluding hydrogens is 268 g/mol. The second-order valence-corrected chi connectivity index (χ2v) is 7.11. The summed E-state index contributed by atoms with van der Waals surface area (Å²) in [6.07, 6.45) is 0. The maximum absolute atomic E-state index is 12.6. The Morgan fingerprint density at radius 3 is 2.19 bits per heavy atom. The highest BCUT2D eigenvalue weighted by atomic mass is 16.5. The van der Waals surface area contributed by atoms with E-state index in [9.17, 15) is 4.79 Å². The van der Waals surface area contributed by atoms with Crippen molar-refractivity contribution in [3.8, 4) is 0 Å². The maximum atomic E-state index is 12.6. The van der Waals surface area contributed by atoms with Crippen molar-refractivity contribution < 1.29 is 9.53 Å². The van der Waals surface area contributed by atoms with E-state index in [0.717, 1.165) is 11.4 Å². The number of nitrogen functional groups attached to an aromatic ring is 1. The van der Waals surface area contributed by atoms with Crippen LogP contribution in [-0.4, -0.2) is 44.9 Å².